The van der Waals surface area contributed by atoms with Crippen LogP contribution < -0.4 is 4.74 Å². The molecule has 2 heterocycles. The average Bonchev–Trinajstić information content (AvgIpc) is 3.18. The van der Waals surface area contributed by atoms with Gasteiger partial charge in [0.1, 0.15) is 11.4 Å². The van der Waals surface area contributed by atoms with Crippen molar-refractivity contribution in [1.29, 1.82) is 0 Å². The molecular weight excluding hydrogens is 392 g/mol. The van der Waals surface area contributed by atoms with Gasteiger partial charge in [-0.1, -0.05) is 35.9 Å². The Kier molecular flexibility index (Phi) is 4.03. The van der Waals surface area contributed by atoms with E-state index in [1.54, 1.807) is 7.11 Å². The molecule has 0 spiro atoms. The maximum Gasteiger partial charge on any atom is 0.146 e. The third-order valence-corrected chi connectivity index (χ3v) is 6.52. The van der Waals surface area contributed by atoms with Gasteiger partial charge in [-0.15, -0.1) is 0 Å². The van der Waals surface area contributed by atoms with Crippen LogP contribution in [0.4, 0.5) is 0 Å². The van der Waals surface area contributed by atoms with E-state index in [0.717, 1.165) is 33.3 Å². The molecule has 0 aliphatic rings. The molecule has 0 saturated carbocycles. The number of aromatic nitrogens is 2. The molecule has 0 unspecified atom stereocenters. The SMILES string of the molecule is COc1ccc2c3cc(-c4c(C)cc(C)cc4C)ccc3n3c4ccccc4nc3c2c1. The number of fused-ring (bicyclic) bond motifs is 8. The van der Waals surface area contributed by atoms with Crippen molar-refractivity contribution in [2.45, 2.75) is 20.8 Å². The Morgan fingerprint density at radius 1 is 0.719 bits per heavy atom. The molecule has 0 amide bonds. The summed E-state index contributed by atoms with van der Waals surface area (Å²) >= 11 is 0. The summed E-state index contributed by atoms with van der Waals surface area (Å²) < 4.78 is 7.84. The van der Waals surface area contributed by atoms with E-state index in [2.05, 4.69) is 85.8 Å². The third kappa shape index (κ3) is 2.64. The average molecular weight is 417 g/mol. The second kappa shape index (κ2) is 6.83. The van der Waals surface area contributed by atoms with Crippen LogP contribution in [0.5, 0.6) is 5.75 Å². The maximum atomic E-state index is 5.56. The molecule has 0 atom stereocenters. The van der Waals surface area contributed by atoms with E-state index >= 15 is 0 Å². The van der Waals surface area contributed by atoms with Gasteiger partial charge in [0.2, 0.25) is 0 Å². The largest absolute Gasteiger partial charge is 0.497 e. The molecule has 3 nitrogen and oxygen atoms in total. The number of aryl methyl sites for hydroxylation is 3. The Hall–Kier alpha value is -3.85. The highest BCUT2D eigenvalue weighted by atomic mass is 16.5. The topological polar surface area (TPSA) is 26.5 Å². The summed E-state index contributed by atoms with van der Waals surface area (Å²) in [7, 11) is 1.71. The van der Waals surface area contributed by atoms with Crippen LogP contribution in [0.15, 0.2) is 72.8 Å². The first kappa shape index (κ1) is 18.9. The van der Waals surface area contributed by atoms with Crippen LogP contribution in [0, 0.1) is 20.8 Å². The zero-order valence-corrected chi connectivity index (χ0v) is 18.7. The number of imidazole rings is 1. The van der Waals surface area contributed by atoms with Crippen molar-refractivity contribution in [3.8, 4) is 16.9 Å². The summed E-state index contributed by atoms with van der Waals surface area (Å²) in [6.07, 6.45) is 0. The summed E-state index contributed by atoms with van der Waals surface area (Å²) in [5.74, 6) is 0.840. The first-order chi connectivity index (χ1) is 15.5. The van der Waals surface area contributed by atoms with Crippen molar-refractivity contribution in [3.63, 3.8) is 0 Å². The molecule has 156 valence electrons. The van der Waals surface area contributed by atoms with E-state index in [9.17, 15) is 0 Å². The fourth-order valence-corrected chi connectivity index (χ4v) is 5.26. The lowest BCUT2D eigenvalue weighted by Crippen LogP contribution is -1.94. The molecule has 32 heavy (non-hydrogen) atoms. The second-order valence-corrected chi connectivity index (χ2v) is 8.68. The number of benzene rings is 4. The predicted molar refractivity (Wildman–Crippen MR) is 134 cm³/mol. The van der Waals surface area contributed by atoms with Crippen molar-refractivity contribution >= 4 is 38.4 Å². The molecule has 0 N–H and O–H groups in total. The lowest BCUT2D eigenvalue weighted by Gasteiger charge is -2.15. The Morgan fingerprint density at radius 2 is 1.50 bits per heavy atom. The highest BCUT2D eigenvalue weighted by Crippen LogP contribution is 2.37. The molecule has 0 saturated heterocycles. The summed E-state index contributed by atoms with van der Waals surface area (Å²) in [4.78, 5) is 4.99. The molecule has 0 aliphatic carbocycles. The fourth-order valence-electron chi connectivity index (χ4n) is 5.26. The number of methoxy groups -OCH3 is 1. The monoisotopic (exact) mass is 416 g/mol. The normalized spacial score (nSPS) is 11.8. The number of hydrogen-bond acceptors (Lipinski definition) is 2. The van der Waals surface area contributed by atoms with Gasteiger partial charge >= 0.3 is 0 Å². The Labute approximate surface area is 186 Å². The summed E-state index contributed by atoms with van der Waals surface area (Å²) in [6, 6.07) is 26.0. The molecule has 0 bridgehead atoms. The van der Waals surface area contributed by atoms with E-state index in [-0.39, 0.29) is 0 Å². The molecule has 0 fully saturated rings. The molecule has 6 rings (SSSR count). The van der Waals surface area contributed by atoms with Crippen LogP contribution in [0.25, 0.3) is 49.5 Å². The van der Waals surface area contributed by atoms with Gasteiger partial charge in [0, 0.05) is 10.8 Å². The molecule has 4 aromatic carbocycles. The number of hydrogen-bond donors (Lipinski definition) is 0. The van der Waals surface area contributed by atoms with Crippen molar-refractivity contribution < 1.29 is 4.74 Å². The minimum Gasteiger partial charge on any atom is -0.497 e. The molecule has 2 aromatic heterocycles. The van der Waals surface area contributed by atoms with Gasteiger partial charge in [-0.3, -0.25) is 4.40 Å². The zero-order valence-electron chi connectivity index (χ0n) is 18.7. The molecule has 3 heteroatoms. The minimum absolute atomic E-state index is 0.840. The zero-order chi connectivity index (χ0) is 22.0. The Bertz CT molecular complexity index is 1670. The first-order valence-electron chi connectivity index (χ1n) is 10.9. The Balaban J connectivity index is 1.80. The summed E-state index contributed by atoms with van der Waals surface area (Å²) in [6.45, 7) is 6.57. The molecule has 6 aromatic rings. The van der Waals surface area contributed by atoms with Gasteiger partial charge in [0.05, 0.1) is 23.7 Å². The van der Waals surface area contributed by atoms with Gasteiger partial charge in [-0.2, -0.15) is 0 Å². The van der Waals surface area contributed by atoms with Gasteiger partial charge < -0.3 is 4.74 Å². The third-order valence-electron chi connectivity index (χ3n) is 6.52. The minimum atomic E-state index is 0.840. The molecule has 0 aliphatic heterocycles. The summed E-state index contributed by atoms with van der Waals surface area (Å²) in [5.41, 5.74) is 10.7. The highest BCUT2D eigenvalue weighted by molar-refractivity contribution is 6.15. The van der Waals surface area contributed by atoms with Crippen molar-refractivity contribution in [2.75, 3.05) is 7.11 Å². The van der Waals surface area contributed by atoms with E-state index in [1.807, 2.05) is 12.1 Å². The number of ether oxygens (including phenoxy) is 1. The van der Waals surface area contributed by atoms with Gasteiger partial charge in [0.25, 0.3) is 0 Å². The smallest absolute Gasteiger partial charge is 0.146 e. The van der Waals surface area contributed by atoms with Crippen LogP contribution in [0.3, 0.4) is 0 Å². The van der Waals surface area contributed by atoms with Crippen LogP contribution in [-0.2, 0) is 0 Å². The van der Waals surface area contributed by atoms with Crippen molar-refractivity contribution in [3.05, 3.63) is 89.5 Å². The van der Waals surface area contributed by atoms with Crippen LogP contribution in [0.1, 0.15) is 16.7 Å². The highest BCUT2D eigenvalue weighted by Gasteiger charge is 2.16. The van der Waals surface area contributed by atoms with E-state index in [4.69, 9.17) is 9.72 Å². The lowest BCUT2D eigenvalue weighted by molar-refractivity contribution is 0.415. The lowest BCUT2D eigenvalue weighted by atomic mass is 9.92. The first-order valence-corrected chi connectivity index (χ1v) is 10.9. The van der Waals surface area contributed by atoms with Gasteiger partial charge in [-0.05, 0) is 90.9 Å². The van der Waals surface area contributed by atoms with Gasteiger partial charge in [-0.25, -0.2) is 4.98 Å². The van der Waals surface area contributed by atoms with E-state index < -0.39 is 0 Å². The van der Waals surface area contributed by atoms with E-state index in [1.165, 1.54) is 38.6 Å². The number of pyridine rings is 1. The molecule has 0 radical (unpaired) electrons. The predicted octanol–water partition coefficient (Wildman–Crippen LogP) is 7.39. The number of nitrogens with zero attached hydrogens (tertiary/aromatic N) is 2. The van der Waals surface area contributed by atoms with Crippen LogP contribution in [-0.4, -0.2) is 16.5 Å². The summed E-state index contributed by atoms with van der Waals surface area (Å²) in [5, 5.41) is 3.51. The van der Waals surface area contributed by atoms with Gasteiger partial charge in [0.15, 0.2) is 0 Å². The standard InChI is InChI=1S/C29H24N2O/c1-17-13-18(2)28(19(3)14-17)20-9-12-26-23(15-20)22-11-10-21(32-4)16-24(22)29-30-25-7-5-6-8-27(25)31(26)29/h5-16H,1-4H3. The Morgan fingerprint density at radius 3 is 2.28 bits per heavy atom. The quantitative estimate of drug-likeness (QED) is 0.275. The fraction of sp³-hybridized carbons (Fsp3) is 0.138. The molecular formula is C29H24N2O. The van der Waals surface area contributed by atoms with E-state index in [0.29, 0.717) is 0 Å². The van der Waals surface area contributed by atoms with Crippen molar-refractivity contribution in [1.82, 2.24) is 9.38 Å². The van der Waals surface area contributed by atoms with Crippen molar-refractivity contribution in [2.24, 2.45) is 0 Å². The maximum absolute atomic E-state index is 5.56. The second-order valence-electron chi connectivity index (χ2n) is 8.68. The van der Waals surface area contributed by atoms with Crippen LogP contribution >= 0.6 is 0 Å². The number of rotatable bonds is 2. The number of para-hydroxylation sites is 2. The van der Waals surface area contributed by atoms with Crippen LogP contribution in [0.2, 0.25) is 0 Å².